The molecule has 0 unspecified atom stereocenters. The first kappa shape index (κ1) is 13.1. The molecule has 0 saturated carbocycles. The highest BCUT2D eigenvalue weighted by Crippen LogP contribution is 2.12. The second-order valence-corrected chi connectivity index (χ2v) is 4.32. The van der Waals surface area contributed by atoms with Crippen LogP contribution in [0.15, 0.2) is 12.2 Å². The van der Waals surface area contributed by atoms with Crippen molar-refractivity contribution >= 4 is 29.4 Å². The maximum Gasteiger partial charge on any atom is 0.254 e. The molecule has 2 aliphatic rings. The number of rotatable bonds is 5. The van der Waals surface area contributed by atoms with Gasteiger partial charge in [-0.2, -0.15) is 0 Å². The lowest BCUT2D eigenvalue weighted by atomic mass is 10.2. The average molecular weight is 264 g/mol. The Balaban J connectivity index is 1.82. The lowest BCUT2D eigenvalue weighted by Crippen LogP contribution is -2.37. The van der Waals surface area contributed by atoms with Gasteiger partial charge in [-0.1, -0.05) is 0 Å². The average Bonchev–Trinajstić information content (AvgIpc) is 2.84. The van der Waals surface area contributed by atoms with Crippen molar-refractivity contribution in [1.29, 1.82) is 0 Å². The summed E-state index contributed by atoms with van der Waals surface area (Å²) in [6.45, 7) is -0.305. The summed E-state index contributed by atoms with van der Waals surface area (Å²) in [6.07, 6.45) is 2.51. The number of carbonyl (C=O) groups excluding carboxylic acids is 5. The molecule has 2 aliphatic heterocycles. The summed E-state index contributed by atoms with van der Waals surface area (Å²) in [5.41, 5.74) is 0. The van der Waals surface area contributed by atoms with Gasteiger partial charge < -0.3 is 0 Å². The first-order valence-corrected chi connectivity index (χ1v) is 5.87. The Morgan fingerprint density at radius 1 is 0.947 bits per heavy atom. The molecule has 7 heteroatoms. The van der Waals surface area contributed by atoms with Crippen molar-refractivity contribution in [2.75, 3.05) is 13.1 Å². The minimum Gasteiger partial charge on any atom is -0.298 e. The zero-order valence-electron chi connectivity index (χ0n) is 10.1. The zero-order chi connectivity index (χ0) is 14.0. The third-order valence-electron chi connectivity index (χ3n) is 3.00. The SMILES string of the molecule is O=C(CCN1C(=O)CCC1=O)CN1C(=O)C=CC1=O. The zero-order valence-corrected chi connectivity index (χ0v) is 10.1. The molecule has 2 rings (SSSR count). The van der Waals surface area contributed by atoms with E-state index < -0.39 is 11.8 Å². The highest BCUT2D eigenvalue weighted by atomic mass is 16.2. The van der Waals surface area contributed by atoms with Crippen LogP contribution >= 0.6 is 0 Å². The second-order valence-electron chi connectivity index (χ2n) is 4.32. The maximum absolute atomic E-state index is 11.6. The Morgan fingerprint density at radius 2 is 1.47 bits per heavy atom. The van der Waals surface area contributed by atoms with Crippen LogP contribution in [0.1, 0.15) is 19.3 Å². The van der Waals surface area contributed by atoms with Crippen LogP contribution in [0, 0.1) is 0 Å². The highest BCUT2D eigenvalue weighted by Gasteiger charge is 2.30. The molecular formula is C12H12N2O5. The standard InChI is InChI=1S/C12H12N2O5/c15-8(7-14-11(18)3-4-12(14)19)5-6-13-9(16)1-2-10(13)17/h3-4H,1-2,5-7H2. The number of hydrogen-bond acceptors (Lipinski definition) is 5. The number of carbonyl (C=O) groups is 5. The van der Waals surface area contributed by atoms with Gasteiger partial charge in [-0.15, -0.1) is 0 Å². The fourth-order valence-electron chi connectivity index (χ4n) is 1.95. The quantitative estimate of drug-likeness (QED) is 0.595. The molecular weight excluding hydrogens is 252 g/mol. The van der Waals surface area contributed by atoms with E-state index in [4.69, 9.17) is 0 Å². The Kier molecular flexibility index (Phi) is 3.55. The number of hydrogen-bond donors (Lipinski definition) is 0. The summed E-state index contributed by atoms with van der Waals surface area (Å²) in [5.74, 6) is -1.98. The minimum atomic E-state index is -0.522. The van der Waals surface area contributed by atoms with E-state index in [-0.39, 0.29) is 49.9 Å². The summed E-state index contributed by atoms with van der Waals surface area (Å²) in [6, 6.07) is 0. The summed E-state index contributed by atoms with van der Waals surface area (Å²) < 4.78 is 0. The van der Waals surface area contributed by atoms with Gasteiger partial charge in [-0.05, 0) is 0 Å². The third-order valence-corrected chi connectivity index (χ3v) is 3.00. The topological polar surface area (TPSA) is 91.8 Å². The Morgan fingerprint density at radius 3 is 2.00 bits per heavy atom. The molecule has 1 saturated heterocycles. The summed E-state index contributed by atoms with van der Waals surface area (Å²) in [5, 5.41) is 0. The molecule has 0 N–H and O–H groups in total. The van der Waals surface area contributed by atoms with Gasteiger partial charge in [0.15, 0.2) is 5.78 Å². The maximum atomic E-state index is 11.6. The smallest absolute Gasteiger partial charge is 0.254 e. The fourth-order valence-corrected chi connectivity index (χ4v) is 1.95. The number of nitrogens with zero attached hydrogens (tertiary/aromatic N) is 2. The van der Waals surface area contributed by atoms with Crippen LogP contribution in [-0.2, 0) is 24.0 Å². The van der Waals surface area contributed by atoms with Crippen LogP contribution in [0.25, 0.3) is 0 Å². The van der Waals surface area contributed by atoms with E-state index in [1.54, 1.807) is 0 Å². The molecule has 0 aromatic rings. The van der Waals surface area contributed by atoms with E-state index in [1.165, 1.54) is 0 Å². The van der Waals surface area contributed by atoms with E-state index in [1.807, 2.05) is 0 Å². The summed E-state index contributed by atoms with van der Waals surface area (Å²) >= 11 is 0. The normalized spacial score (nSPS) is 18.9. The van der Waals surface area contributed by atoms with Crippen molar-refractivity contribution in [3.05, 3.63) is 12.2 Å². The van der Waals surface area contributed by atoms with Crippen LogP contribution in [0.2, 0.25) is 0 Å². The van der Waals surface area contributed by atoms with Gasteiger partial charge in [0.1, 0.15) is 0 Å². The molecule has 0 spiro atoms. The van der Waals surface area contributed by atoms with Crippen molar-refractivity contribution in [1.82, 2.24) is 9.80 Å². The molecule has 0 aliphatic carbocycles. The van der Waals surface area contributed by atoms with Crippen molar-refractivity contribution in [2.45, 2.75) is 19.3 Å². The van der Waals surface area contributed by atoms with Gasteiger partial charge in [-0.3, -0.25) is 33.8 Å². The van der Waals surface area contributed by atoms with Crippen LogP contribution in [0.4, 0.5) is 0 Å². The molecule has 0 atom stereocenters. The van der Waals surface area contributed by atoms with Gasteiger partial charge in [0.25, 0.3) is 11.8 Å². The summed E-state index contributed by atoms with van der Waals surface area (Å²) in [4.78, 5) is 58.6. The lowest BCUT2D eigenvalue weighted by Gasteiger charge is -2.15. The van der Waals surface area contributed by atoms with E-state index in [9.17, 15) is 24.0 Å². The van der Waals surface area contributed by atoms with Gasteiger partial charge in [-0.25, -0.2) is 0 Å². The van der Waals surface area contributed by atoms with Crippen LogP contribution in [0.5, 0.6) is 0 Å². The minimum absolute atomic E-state index is 0.0140. The molecule has 2 heterocycles. The molecule has 0 bridgehead atoms. The molecule has 4 amide bonds. The van der Waals surface area contributed by atoms with Gasteiger partial charge in [0, 0.05) is 38.0 Å². The second kappa shape index (κ2) is 5.13. The Bertz CT molecular complexity index is 474. The fraction of sp³-hybridized carbons (Fsp3) is 0.417. The van der Waals surface area contributed by atoms with Crippen molar-refractivity contribution in [3.8, 4) is 0 Å². The molecule has 0 aromatic heterocycles. The highest BCUT2D eigenvalue weighted by molar-refractivity contribution is 6.14. The number of ketones is 1. The third kappa shape index (κ3) is 2.75. The molecule has 1 fully saturated rings. The monoisotopic (exact) mass is 264 g/mol. The molecule has 0 aromatic carbocycles. The van der Waals surface area contributed by atoms with Gasteiger partial charge >= 0.3 is 0 Å². The summed E-state index contributed by atoms with van der Waals surface area (Å²) in [7, 11) is 0. The van der Waals surface area contributed by atoms with E-state index in [0.29, 0.717) is 0 Å². The molecule has 7 nitrogen and oxygen atoms in total. The Labute approximate surface area is 108 Å². The largest absolute Gasteiger partial charge is 0.298 e. The predicted octanol–water partition coefficient (Wildman–Crippen LogP) is -0.980. The predicted molar refractivity (Wildman–Crippen MR) is 61.4 cm³/mol. The van der Waals surface area contributed by atoms with Crippen LogP contribution in [-0.4, -0.2) is 52.3 Å². The number of imide groups is 2. The van der Waals surface area contributed by atoms with Gasteiger partial charge in [0.05, 0.1) is 6.54 Å². The van der Waals surface area contributed by atoms with Gasteiger partial charge in [0.2, 0.25) is 11.8 Å². The lowest BCUT2D eigenvalue weighted by molar-refractivity contribution is -0.142. The van der Waals surface area contributed by atoms with Crippen molar-refractivity contribution in [2.24, 2.45) is 0 Å². The first-order valence-electron chi connectivity index (χ1n) is 5.87. The molecule has 100 valence electrons. The van der Waals surface area contributed by atoms with E-state index in [0.717, 1.165) is 22.0 Å². The molecule has 19 heavy (non-hydrogen) atoms. The van der Waals surface area contributed by atoms with Crippen molar-refractivity contribution in [3.63, 3.8) is 0 Å². The van der Waals surface area contributed by atoms with Crippen LogP contribution < -0.4 is 0 Å². The van der Waals surface area contributed by atoms with Crippen molar-refractivity contribution < 1.29 is 24.0 Å². The molecule has 0 radical (unpaired) electrons. The number of Topliss-reactive ketones (excluding diaryl/α,β-unsaturated/α-hetero) is 1. The first-order chi connectivity index (χ1) is 8.99. The number of amides is 4. The van der Waals surface area contributed by atoms with E-state index in [2.05, 4.69) is 0 Å². The van der Waals surface area contributed by atoms with E-state index >= 15 is 0 Å². The van der Waals surface area contributed by atoms with Crippen LogP contribution in [0.3, 0.4) is 0 Å². The number of likely N-dealkylation sites (tertiary alicyclic amines) is 1. The Hall–Kier alpha value is -2.31.